The number of carbonyl (C=O) groups excluding carboxylic acids is 1. The molecule has 0 aliphatic rings. The second-order valence-electron chi connectivity index (χ2n) is 1.64. The van der Waals surface area contributed by atoms with Gasteiger partial charge < -0.3 is 15.3 Å². The standard InChI is InChI=1S/C4H6O7.Na.H/c5-1(3(7)8)2(6)4(9)11-10;;/h1-2,5-6,10H,(H,7,8);;. The van der Waals surface area contributed by atoms with Crippen molar-refractivity contribution in [2.24, 2.45) is 0 Å². The van der Waals surface area contributed by atoms with Crippen molar-refractivity contribution in [3.8, 4) is 0 Å². The molecule has 4 N–H and O–H groups in total. The molecule has 0 fully saturated rings. The molecular formula is C4H7NaO7. The van der Waals surface area contributed by atoms with E-state index in [0.29, 0.717) is 0 Å². The summed E-state index contributed by atoms with van der Waals surface area (Å²) in [6, 6.07) is 0. The van der Waals surface area contributed by atoms with Crippen molar-refractivity contribution in [3.05, 3.63) is 0 Å². The van der Waals surface area contributed by atoms with Gasteiger partial charge in [0, 0.05) is 0 Å². The third kappa shape index (κ3) is 4.00. The number of carboxylic acid groups (broad SMARTS) is 1. The number of carboxylic acids is 1. The van der Waals surface area contributed by atoms with Gasteiger partial charge in [-0.2, -0.15) is 5.26 Å². The first kappa shape index (κ1) is 14.3. The molecule has 12 heavy (non-hydrogen) atoms. The van der Waals surface area contributed by atoms with Gasteiger partial charge in [-0.05, 0) is 0 Å². The fraction of sp³-hybridized carbons (Fsp3) is 0.500. The van der Waals surface area contributed by atoms with E-state index in [1.54, 1.807) is 0 Å². The summed E-state index contributed by atoms with van der Waals surface area (Å²) >= 11 is 0. The molecule has 0 saturated carbocycles. The van der Waals surface area contributed by atoms with E-state index in [1.165, 1.54) is 0 Å². The molecule has 8 heteroatoms. The molecule has 0 aromatic rings. The zero-order valence-corrected chi connectivity index (χ0v) is 5.17. The van der Waals surface area contributed by atoms with E-state index in [4.69, 9.17) is 20.6 Å². The summed E-state index contributed by atoms with van der Waals surface area (Å²) in [6.07, 6.45) is -4.58. The number of hydrogen-bond acceptors (Lipinski definition) is 6. The van der Waals surface area contributed by atoms with Gasteiger partial charge in [0.15, 0.2) is 12.2 Å². The molecule has 0 aliphatic carbocycles. The molecule has 0 heterocycles. The number of rotatable bonds is 3. The Hall–Kier alpha value is -0.180. The monoisotopic (exact) mass is 190 g/mol. The molecule has 0 spiro atoms. The Bertz CT molecular complexity index is 169. The molecule has 0 rings (SSSR count). The van der Waals surface area contributed by atoms with Crippen LogP contribution >= 0.6 is 0 Å². The minimum absolute atomic E-state index is 0. The van der Waals surface area contributed by atoms with Crippen molar-refractivity contribution >= 4 is 41.5 Å². The summed E-state index contributed by atoms with van der Waals surface area (Å²) in [6.45, 7) is 0. The fourth-order valence-corrected chi connectivity index (χ4v) is 0.318. The number of aliphatic carboxylic acids is 1. The van der Waals surface area contributed by atoms with Crippen LogP contribution in [0.2, 0.25) is 0 Å². The third-order valence-corrected chi connectivity index (χ3v) is 0.884. The molecule has 0 saturated heterocycles. The van der Waals surface area contributed by atoms with Gasteiger partial charge in [-0.25, -0.2) is 9.59 Å². The summed E-state index contributed by atoms with van der Waals surface area (Å²) in [4.78, 5) is 22.9. The zero-order chi connectivity index (χ0) is 9.02. The molecule has 0 aromatic carbocycles. The third-order valence-electron chi connectivity index (χ3n) is 0.884. The molecule has 0 bridgehead atoms. The van der Waals surface area contributed by atoms with Crippen LogP contribution in [0.1, 0.15) is 0 Å². The van der Waals surface area contributed by atoms with E-state index >= 15 is 0 Å². The van der Waals surface area contributed by atoms with Gasteiger partial charge in [0.2, 0.25) is 0 Å². The Morgan fingerprint density at radius 1 is 1.17 bits per heavy atom. The summed E-state index contributed by atoms with van der Waals surface area (Å²) in [5.41, 5.74) is 0. The molecule has 0 aliphatic heterocycles. The number of aliphatic hydroxyl groups excluding tert-OH is 2. The molecule has 0 amide bonds. The average Bonchev–Trinajstić information content (AvgIpc) is 2.00. The minimum atomic E-state index is -2.30. The molecule has 66 valence electrons. The molecule has 0 aromatic heterocycles. The van der Waals surface area contributed by atoms with Gasteiger partial charge in [-0.1, -0.05) is 0 Å². The van der Waals surface area contributed by atoms with Gasteiger partial charge in [-0.3, -0.25) is 4.89 Å². The van der Waals surface area contributed by atoms with E-state index < -0.39 is 24.1 Å². The molecule has 2 atom stereocenters. The number of carbonyl (C=O) groups is 2. The van der Waals surface area contributed by atoms with E-state index in [2.05, 4.69) is 4.89 Å². The number of aliphatic hydroxyl groups is 2. The Labute approximate surface area is 88.8 Å². The average molecular weight is 190 g/mol. The van der Waals surface area contributed by atoms with Crippen LogP contribution in [0.25, 0.3) is 0 Å². The Morgan fingerprint density at radius 2 is 1.58 bits per heavy atom. The second kappa shape index (κ2) is 6.35. The fourth-order valence-electron chi connectivity index (χ4n) is 0.318. The van der Waals surface area contributed by atoms with Crippen molar-refractivity contribution < 1.29 is 35.1 Å². The SMILES string of the molecule is O=C(O)C(O)C(O)C(=O)OO.[NaH]. The quantitative estimate of drug-likeness (QED) is 0.214. The van der Waals surface area contributed by atoms with Crippen molar-refractivity contribution in [2.75, 3.05) is 0 Å². The van der Waals surface area contributed by atoms with Gasteiger partial charge in [-0.15, -0.1) is 0 Å². The maximum absolute atomic E-state index is 10.1. The van der Waals surface area contributed by atoms with Crippen LogP contribution in [0.15, 0.2) is 0 Å². The number of hydrogen-bond donors (Lipinski definition) is 4. The molecule has 0 radical (unpaired) electrons. The predicted molar refractivity (Wildman–Crippen MR) is 35.5 cm³/mol. The predicted octanol–water partition coefficient (Wildman–Crippen LogP) is -2.84. The van der Waals surface area contributed by atoms with Crippen LogP contribution in [-0.2, 0) is 14.5 Å². The van der Waals surface area contributed by atoms with Crippen molar-refractivity contribution in [1.29, 1.82) is 0 Å². The van der Waals surface area contributed by atoms with Gasteiger partial charge in [0.25, 0.3) is 0 Å². The summed E-state index contributed by atoms with van der Waals surface area (Å²) < 4.78 is 0. The van der Waals surface area contributed by atoms with Crippen LogP contribution in [-0.4, -0.2) is 74.3 Å². The van der Waals surface area contributed by atoms with Crippen LogP contribution < -0.4 is 0 Å². The Kier molecular flexibility index (Phi) is 7.59. The van der Waals surface area contributed by atoms with E-state index in [9.17, 15) is 9.59 Å². The summed E-state index contributed by atoms with van der Waals surface area (Å²) in [7, 11) is 0. The van der Waals surface area contributed by atoms with Crippen molar-refractivity contribution in [3.63, 3.8) is 0 Å². The molecule has 2 unspecified atom stereocenters. The summed E-state index contributed by atoms with van der Waals surface area (Å²) in [5.74, 6) is -3.41. The van der Waals surface area contributed by atoms with Crippen molar-refractivity contribution in [1.82, 2.24) is 0 Å². The molecular weight excluding hydrogens is 183 g/mol. The van der Waals surface area contributed by atoms with Gasteiger partial charge >= 0.3 is 41.5 Å². The van der Waals surface area contributed by atoms with Gasteiger partial charge in [0.05, 0.1) is 0 Å². The first-order chi connectivity index (χ1) is 5.00. The normalized spacial score (nSPS) is 13.9. The van der Waals surface area contributed by atoms with Crippen LogP contribution in [0.3, 0.4) is 0 Å². The first-order valence-electron chi connectivity index (χ1n) is 2.45. The van der Waals surface area contributed by atoms with Crippen molar-refractivity contribution in [2.45, 2.75) is 12.2 Å². The topological polar surface area (TPSA) is 124 Å². The summed E-state index contributed by atoms with van der Waals surface area (Å²) in [5, 5.41) is 32.5. The second-order valence-corrected chi connectivity index (χ2v) is 1.64. The Balaban J connectivity index is 0. The zero-order valence-electron chi connectivity index (χ0n) is 5.17. The van der Waals surface area contributed by atoms with Crippen LogP contribution in [0, 0.1) is 0 Å². The Morgan fingerprint density at radius 3 is 1.83 bits per heavy atom. The van der Waals surface area contributed by atoms with E-state index in [0.717, 1.165) is 0 Å². The van der Waals surface area contributed by atoms with E-state index in [-0.39, 0.29) is 29.6 Å². The first-order valence-corrected chi connectivity index (χ1v) is 2.45. The van der Waals surface area contributed by atoms with Crippen LogP contribution in [0.4, 0.5) is 0 Å². The molecule has 7 nitrogen and oxygen atoms in total. The van der Waals surface area contributed by atoms with Gasteiger partial charge in [0.1, 0.15) is 0 Å². The maximum atomic E-state index is 10.1. The van der Waals surface area contributed by atoms with Crippen LogP contribution in [0.5, 0.6) is 0 Å². The van der Waals surface area contributed by atoms with E-state index in [1.807, 2.05) is 0 Å².